The second-order valence-corrected chi connectivity index (χ2v) is 5.75. The third-order valence-corrected chi connectivity index (χ3v) is 3.98. The normalized spacial score (nSPS) is 18.2. The molecule has 0 N–H and O–H groups in total. The molecular formula is C14H20BrNO. The van der Waals surface area contributed by atoms with Crippen molar-refractivity contribution in [1.82, 2.24) is 4.90 Å². The first-order valence-corrected chi connectivity index (χ1v) is 7.10. The fourth-order valence-electron chi connectivity index (χ4n) is 2.23. The quantitative estimate of drug-likeness (QED) is 0.842. The van der Waals surface area contributed by atoms with Crippen LogP contribution in [0.1, 0.15) is 19.3 Å². The number of hydrogen-bond acceptors (Lipinski definition) is 2. The SMILES string of the molecule is CN1CCC(CCOc2ccc(Br)cc2)CC1. The van der Waals surface area contributed by atoms with Gasteiger partial charge in [0.05, 0.1) is 6.61 Å². The van der Waals surface area contributed by atoms with Crippen molar-refractivity contribution < 1.29 is 4.74 Å². The summed E-state index contributed by atoms with van der Waals surface area (Å²) in [5.41, 5.74) is 0. The molecule has 2 nitrogen and oxygen atoms in total. The Labute approximate surface area is 112 Å². The third kappa shape index (κ3) is 4.32. The first-order chi connectivity index (χ1) is 8.24. The van der Waals surface area contributed by atoms with Gasteiger partial charge in [0.15, 0.2) is 0 Å². The fraction of sp³-hybridized carbons (Fsp3) is 0.571. The van der Waals surface area contributed by atoms with Crippen LogP contribution in [0, 0.1) is 5.92 Å². The van der Waals surface area contributed by atoms with Gasteiger partial charge < -0.3 is 9.64 Å². The Morgan fingerprint density at radius 3 is 2.53 bits per heavy atom. The second-order valence-electron chi connectivity index (χ2n) is 4.84. The van der Waals surface area contributed by atoms with Crippen molar-refractivity contribution >= 4 is 15.9 Å². The summed E-state index contributed by atoms with van der Waals surface area (Å²) in [5, 5.41) is 0. The van der Waals surface area contributed by atoms with Crippen molar-refractivity contribution in [2.45, 2.75) is 19.3 Å². The molecule has 0 spiro atoms. The molecule has 0 radical (unpaired) electrons. The molecule has 0 bridgehead atoms. The molecule has 1 fully saturated rings. The average molecular weight is 298 g/mol. The Bertz CT molecular complexity index is 331. The van der Waals surface area contributed by atoms with Crippen LogP contribution in [0.4, 0.5) is 0 Å². The molecule has 0 atom stereocenters. The van der Waals surface area contributed by atoms with E-state index in [0.29, 0.717) is 0 Å². The third-order valence-electron chi connectivity index (χ3n) is 3.45. The zero-order chi connectivity index (χ0) is 12.1. The lowest BCUT2D eigenvalue weighted by Gasteiger charge is -2.28. The molecule has 17 heavy (non-hydrogen) atoms. The maximum Gasteiger partial charge on any atom is 0.119 e. The fourth-order valence-corrected chi connectivity index (χ4v) is 2.49. The van der Waals surface area contributed by atoms with E-state index in [0.717, 1.165) is 22.7 Å². The number of rotatable bonds is 4. The first-order valence-electron chi connectivity index (χ1n) is 6.31. The van der Waals surface area contributed by atoms with Crippen LogP contribution in [0.5, 0.6) is 5.75 Å². The predicted octanol–water partition coefficient (Wildman–Crippen LogP) is 3.56. The Kier molecular flexibility index (Phi) is 4.86. The molecular weight excluding hydrogens is 278 g/mol. The van der Waals surface area contributed by atoms with Gasteiger partial charge in [0.2, 0.25) is 0 Å². The first kappa shape index (κ1) is 12.9. The van der Waals surface area contributed by atoms with E-state index in [1.807, 2.05) is 24.3 Å². The van der Waals surface area contributed by atoms with Crippen LogP contribution in [-0.4, -0.2) is 31.6 Å². The maximum atomic E-state index is 5.76. The topological polar surface area (TPSA) is 12.5 Å². The van der Waals surface area contributed by atoms with E-state index in [9.17, 15) is 0 Å². The van der Waals surface area contributed by atoms with Crippen LogP contribution in [0.3, 0.4) is 0 Å². The summed E-state index contributed by atoms with van der Waals surface area (Å²) in [7, 11) is 2.20. The molecule has 94 valence electrons. The Hall–Kier alpha value is -0.540. The molecule has 1 heterocycles. The van der Waals surface area contributed by atoms with Crippen molar-refractivity contribution in [2.75, 3.05) is 26.7 Å². The van der Waals surface area contributed by atoms with Crippen molar-refractivity contribution in [3.8, 4) is 5.75 Å². The standard InChI is InChI=1S/C14H20BrNO/c1-16-9-6-12(7-10-16)8-11-17-14-4-2-13(15)3-5-14/h2-5,12H,6-11H2,1H3. The van der Waals surface area contributed by atoms with Gasteiger partial charge in [-0.1, -0.05) is 15.9 Å². The lowest BCUT2D eigenvalue weighted by Crippen LogP contribution is -2.30. The summed E-state index contributed by atoms with van der Waals surface area (Å²) in [6.45, 7) is 3.32. The number of nitrogens with zero attached hydrogens (tertiary/aromatic N) is 1. The van der Waals surface area contributed by atoms with E-state index >= 15 is 0 Å². The van der Waals surface area contributed by atoms with E-state index in [-0.39, 0.29) is 0 Å². The van der Waals surface area contributed by atoms with Crippen molar-refractivity contribution in [3.05, 3.63) is 28.7 Å². The molecule has 0 aromatic heterocycles. The highest BCUT2D eigenvalue weighted by atomic mass is 79.9. The number of ether oxygens (including phenoxy) is 1. The van der Waals surface area contributed by atoms with Gasteiger partial charge in [0.1, 0.15) is 5.75 Å². The highest BCUT2D eigenvalue weighted by Crippen LogP contribution is 2.21. The largest absolute Gasteiger partial charge is 0.494 e. The van der Waals surface area contributed by atoms with Gasteiger partial charge in [0.25, 0.3) is 0 Å². The van der Waals surface area contributed by atoms with Crippen molar-refractivity contribution in [2.24, 2.45) is 5.92 Å². The second kappa shape index (κ2) is 6.41. The molecule has 0 saturated carbocycles. The monoisotopic (exact) mass is 297 g/mol. The molecule has 1 aromatic rings. The van der Waals surface area contributed by atoms with Gasteiger partial charge in [-0.25, -0.2) is 0 Å². The lowest BCUT2D eigenvalue weighted by atomic mass is 9.94. The van der Waals surface area contributed by atoms with Crippen LogP contribution < -0.4 is 4.74 Å². The Morgan fingerprint density at radius 1 is 1.24 bits per heavy atom. The number of halogens is 1. The minimum atomic E-state index is 0.843. The predicted molar refractivity (Wildman–Crippen MR) is 74.5 cm³/mol. The molecule has 1 aliphatic heterocycles. The zero-order valence-electron chi connectivity index (χ0n) is 10.4. The summed E-state index contributed by atoms with van der Waals surface area (Å²) >= 11 is 3.42. The van der Waals surface area contributed by atoms with E-state index < -0.39 is 0 Å². The van der Waals surface area contributed by atoms with Crippen LogP contribution in [0.25, 0.3) is 0 Å². The number of likely N-dealkylation sites (tertiary alicyclic amines) is 1. The van der Waals surface area contributed by atoms with Crippen LogP contribution in [0.2, 0.25) is 0 Å². The van der Waals surface area contributed by atoms with E-state index in [1.165, 1.54) is 32.4 Å². The minimum absolute atomic E-state index is 0.843. The molecule has 3 heteroatoms. The average Bonchev–Trinajstić information content (AvgIpc) is 2.34. The van der Waals surface area contributed by atoms with Gasteiger partial charge in [-0.2, -0.15) is 0 Å². The molecule has 0 aliphatic carbocycles. The number of hydrogen-bond donors (Lipinski definition) is 0. The summed E-state index contributed by atoms with van der Waals surface area (Å²) in [6.07, 6.45) is 3.82. The van der Waals surface area contributed by atoms with Crippen LogP contribution >= 0.6 is 15.9 Å². The molecule has 1 aliphatic rings. The molecule has 1 aromatic carbocycles. The summed E-state index contributed by atoms with van der Waals surface area (Å²) in [4.78, 5) is 2.41. The molecule has 1 saturated heterocycles. The molecule has 2 rings (SSSR count). The van der Waals surface area contributed by atoms with Gasteiger partial charge in [-0.15, -0.1) is 0 Å². The Balaban J connectivity index is 1.67. The van der Waals surface area contributed by atoms with E-state index in [1.54, 1.807) is 0 Å². The van der Waals surface area contributed by atoms with Gasteiger partial charge in [0, 0.05) is 4.47 Å². The van der Waals surface area contributed by atoms with Crippen molar-refractivity contribution in [1.29, 1.82) is 0 Å². The maximum absolute atomic E-state index is 5.76. The molecule has 0 unspecified atom stereocenters. The van der Waals surface area contributed by atoms with E-state index in [4.69, 9.17) is 4.74 Å². The summed E-state index contributed by atoms with van der Waals surface area (Å²) in [6, 6.07) is 8.06. The smallest absolute Gasteiger partial charge is 0.119 e. The van der Waals surface area contributed by atoms with Gasteiger partial charge >= 0.3 is 0 Å². The zero-order valence-corrected chi connectivity index (χ0v) is 11.9. The van der Waals surface area contributed by atoms with Gasteiger partial charge in [-0.3, -0.25) is 0 Å². The highest BCUT2D eigenvalue weighted by Gasteiger charge is 2.16. The van der Waals surface area contributed by atoms with Crippen molar-refractivity contribution in [3.63, 3.8) is 0 Å². The summed E-state index contributed by atoms with van der Waals surface area (Å²) < 4.78 is 6.85. The summed E-state index contributed by atoms with van der Waals surface area (Å²) in [5.74, 6) is 1.82. The van der Waals surface area contributed by atoms with Crippen LogP contribution in [0.15, 0.2) is 28.7 Å². The number of benzene rings is 1. The van der Waals surface area contributed by atoms with Crippen LogP contribution in [-0.2, 0) is 0 Å². The minimum Gasteiger partial charge on any atom is -0.494 e. The number of piperidine rings is 1. The van der Waals surface area contributed by atoms with Gasteiger partial charge in [-0.05, 0) is 69.6 Å². The lowest BCUT2D eigenvalue weighted by molar-refractivity contribution is 0.187. The highest BCUT2D eigenvalue weighted by molar-refractivity contribution is 9.10. The Morgan fingerprint density at radius 2 is 1.88 bits per heavy atom. The molecule has 0 amide bonds. The van der Waals surface area contributed by atoms with E-state index in [2.05, 4.69) is 27.9 Å².